The van der Waals surface area contributed by atoms with Crippen molar-refractivity contribution in [1.82, 2.24) is 5.32 Å². The summed E-state index contributed by atoms with van der Waals surface area (Å²) in [6, 6.07) is 11.7. The van der Waals surface area contributed by atoms with E-state index in [2.05, 4.69) is 10.0 Å². The SMILES string of the molecule is CCOc1ccc(CNC(=O)c2ccc(NS(C)(=O)=O)cc2)cc1OCC. The Hall–Kier alpha value is -2.74. The summed E-state index contributed by atoms with van der Waals surface area (Å²) in [5, 5.41) is 2.83. The highest BCUT2D eigenvalue weighted by Crippen LogP contribution is 2.28. The number of hydrogen-bond donors (Lipinski definition) is 2. The zero-order valence-corrected chi connectivity index (χ0v) is 16.4. The molecule has 2 aromatic carbocycles. The van der Waals surface area contributed by atoms with E-state index in [1.165, 1.54) is 0 Å². The highest BCUT2D eigenvalue weighted by Gasteiger charge is 2.09. The Kier molecular flexibility index (Phi) is 7.06. The summed E-state index contributed by atoms with van der Waals surface area (Å²) in [5.41, 5.74) is 1.72. The fourth-order valence-corrected chi connectivity index (χ4v) is 2.96. The molecular formula is C19H24N2O5S. The Morgan fingerprint density at radius 3 is 2.19 bits per heavy atom. The standard InChI is InChI=1S/C19H24N2O5S/c1-4-25-17-11-6-14(12-18(17)26-5-2)13-20-19(22)15-7-9-16(10-8-15)21-27(3,23)24/h6-12,21H,4-5,13H2,1-3H3,(H,20,22). The van der Waals surface area contributed by atoms with Gasteiger partial charge in [-0.2, -0.15) is 0 Å². The number of carbonyl (C=O) groups excluding carboxylic acids is 1. The van der Waals surface area contributed by atoms with Crippen molar-refractivity contribution in [3.63, 3.8) is 0 Å². The van der Waals surface area contributed by atoms with E-state index < -0.39 is 10.0 Å². The van der Waals surface area contributed by atoms with E-state index in [0.717, 1.165) is 11.8 Å². The molecule has 7 nitrogen and oxygen atoms in total. The van der Waals surface area contributed by atoms with E-state index in [9.17, 15) is 13.2 Å². The number of carbonyl (C=O) groups is 1. The van der Waals surface area contributed by atoms with Gasteiger partial charge in [0.05, 0.1) is 19.5 Å². The number of hydrogen-bond acceptors (Lipinski definition) is 5. The van der Waals surface area contributed by atoms with Gasteiger partial charge < -0.3 is 14.8 Å². The van der Waals surface area contributed by atoms with Crippen LogP contribution in [0.4, 0.5) is 5.69 Å². The summed E-state index contributed by atoms with van der Waals surface area (Å²) in [4.78, 5) is 12.3. The van der Waals surface area contributed by atoms with Crippen LogP contribution in [0.25, 0.3) is 0 Å². The van der Waals surface area contributed by atoms with Crippen molar-refractivity contribution in [2.24, 2.45) is 0 Å². The molecule has 0 aliphatic carbocycles. The number of ether oxygens (including phenoxy) is 2. The Morgan fingerprint density at radius 2 is 1.59 bits per heavy atom. The molecule has 0 bridgehead atoms. The summed E-state index contributed by atoms with van der Waals surface area (Å²) in [6.07, 6.45) is 1.07. The highest BCUT2D eigenvalue weighted by atomic mass is 32.2. The van der Waals surface area contributed by atoms with Gasteiger partial charge >= 0.3 is 0 Å². The molecule has 2 aromatic rings. The first-order valence-corrected chi connectivity index (χ1v) is 10.5. The zero-order chi connectivity index (χ0) is 19.9. The second-order valence-corrected chi connectivity index (χ2v) is 7.53. The first kappa shape index (κ1) is 20.6. The molecule has 0 heterocycles. The van der Waals surface area contributed by atoms with Crippen molar-refractivity contribution in [1.29, 1.82) is 0 Å². The van der Waals surface area contributed by atoms with Gasteiger partial charge in [-0.1, -0.05) is 6.07 Å². The molecule has 0 aliphatic heterocycles. The summed E-state index contributed by atoms with van der Waals surface area (Å²) in [7, 11) is -3.35. The van der Waals surface area contributed by atoms with Crippen LogP contribution in [0.5, 0.6) is 11.5 Å². The van der Waals surface area contributed by atoms with Crippen molar-refractivity contribution in [2.75, 3.05) is 24.2 Å². The van der Waals surface area contributed by atoms with Gasteiger partial charge in [0.2, 0.25) is 10.0 Å². The van der Waals surface area contributed by atoms with Crippen molar-refractivity contribution in [3.8, 4) is 11.5 Å². The summed E-state index contributed by atoms with van der Waals surface area (Å²) < 4.78 is 35.9. The van der Waals surface area contributed by atoms with Crippen LogP contribution in [0.15, 0.2) is 42.5 Å². The predicted octanol–water partition coefficient (Wildman–Crippen LogP) is 2.79. The van der Waals surface area contributed by atoms with Crippen LogP contribution in [0.2, 0.25) is 0 Å². The third-order valence-electron chi connectivity index (χ3n) is 3.51. The summed E-state index contributed by atoms with van der Waals surface area (Å²) in [6.45, 7) is 5.19. The van der Waals surface area contributed by atoms with Crippen LogP contribution in [-0.4, -0.2) is 33.8 Å². The molecule has 0 spiro atoms. The topological polar surface area (TPSA) is 93.7 Å². The van der Waals surface area contributed by atoms with Crippen molar-refractivity contribution in [3.05, 3.63) is 53.6 Å². The smallest absolute Gasteiger partial charge is 0.251 e. The van der Waals surface area contributed by atoms with E-state index >= 15 is 0 Å². The van der Waals surface area contributed by atoms with Crippen LogP contribution in [0, 0.1) is 0 Å². The van der Waals surface area contributed by atoms with Gasteiger partial charge in [0.1, 0.15) is 0 Å². The maximum Gasteiger partial charge on any atom is 0.251 e. The van der Waals surface area contributed by atoms with Gasteiger partial charge in [-0.15, -0.1) is 0 Å². The molecule has 0 saturated heterocycles. The summed E-state index contributed by atoms with van der Waals surface area (Å²) in [5.74, 6) is 1.05. The first-order valence-electron chi connectivity index (χ1n) is 8.57. The number of anilines is 1. The second kappa shape index (κ2) is 9.27. The van der Waals surface area contributed by atoms with Crippen molar-refractivity contribution in [2.45, 2.75) is 20.4 Å². The van der Waals surface area contributed by atoms with Crippen LogP contribution in [0.3, 0.4) is 0 Å². The molecule has 0 aromatic heterocycles. The van der Waals surface area contributed by atoms with Gasteiger partial charge in [0.15, 0.2) is 11.5 Å². The molecule has 0 unspecified atom stereocenters. The van der Waals surface area contributed by atoms with Crippen molar-refractivity contribution >= 4 is 21.6 Å². The lowest BCUT2D eigenvalue weighted by atomic mass is 10.1. The molecule has 2 rings (SSSR count). The van der Waals surface area contributed by atoms with E-state index in [1.807, 2.05) is 32.0 Å². The third-order valence-corrected chi connectivity index (χ3v) is 4.12. The number of nitrogens with one attached hydrogen (secondary N) is 2. The largest absolute Gasteiger partial charge is 0.490 e. The van der Waals surface area contributed by atoms with Gasteiger partial charge in [-0.05, 0) is 55.8 Å². The predicted molar refractivity (Wildman–Crippen MR) is 105 cm³/mol. The van der Waals surface area contributed by atoms with E-state index in [1.54, 1.807) is 24.3 Å². The monoisotopic (exact) mass is 392 g/mol. The lowest BCUT2D eigenvalue weighted by Gasteiger charge is -2.13. The average molecular weight is 392 g/mol. The van der Waals surface area contributed by atoms with Gasteiger partial charge in [0, 0.05) is 17.8 Å². The molecule has 27 heavy (non-hydrogen) atoms. The van der Waals surface area contributed by atoms with E-state index in [0.29, 0.717) is 42.5 Å². The number of benzene rings is 2. The van der Waals surface area contributed by atoms with E-state index in [-0.39, 0.29) is 5.91 Å². The molecule has 0 radical (unpaired) electrons. The number of amides is 1. The Labute approximate surface area is 159 Å². The quantitative estimate of drug-likeness (QED) is 0.684. The first-order chi connectivity index (χ1) is 12.8. The van der Waals surface area contributed by atoms with Gasteiger partial charge in [0.25, 0.3) is 5.91 Å². The highest BCUT2D eigenvalue weighted by molar-refractivity contribution is 7.92. The molecule has 0 aliphatic rings. The van der Waals surface area contributed by atoms with Crippen LogP contribution >= 0.6 is 0 Å². The molecule has 146 valence electrons. The Balaban J connectivity index is 2.01. The molecule has 2 N–H and O–H groups in total. The molecule has 0 fully saturated rings. The molecule has 8 heteroatoms. The molecular weight excluding hydrogens is 368 g/mol. The normalized spacial score (nSPS) is 10.9. The van der Waals surface area contributed by atoms with Gasteiger partial charge in [-0.3, -0.25) is 9.52 Å². The molecule has 0 atom stereocenters. The maximum absolute atomic E-state index is 12.3. The Bertz CT molecular complexity index is 879. The molecule has 1 amide bonds. The minimum atomic E-state index is -3.35. The fourth-order valence-electron chi connectivity index (χ4n) is 2.39. The Morgan fingerprint density at radius 1 is 0.963 bits per heavy atom. The van der Waals surface area contributed by atoms with Crippen LogP contribution < -0.4 is 19.5 Å². The molecule has 0 saturated carbocycles. The minimum absolute atomic E-state index is 0.257. The maximum atomic E-state index is 12.3. The van der Waals surface area contributed by atoms with Gasteiger partial charge in [-0.25, -0.2) is 8.42 Å². The zero-order valence-electron chi connectivity index (χ0n) is 15.6. The average Bonchev–Trinajstić information content (AvgIpc) is 2.61. The van der Waals surface area contributed by atoms with Crippen molar-refractivity contribution < 1.29 is 22.7 Å². The van der Waals surface area contributed by atoms with E-state index in [4.69, 9.17) is 9.47 Å². The number of rotatable bonds is 9. The number of sulfonamides is 1. The minimum Gasteiger partial charge on any atom is -0.490 e. The second-order valence-electron chi connectivity index (χ2n) is 5.78. The lowest BCUT2D eigenvalue weighted by Crippen LogP contribution is -2.22. The van der Waals surface area contributed by atoms with Crippen LogP contribution in [0.1, 0.15) is 29.8 Å². The lowest BCUT2D eigenvalue weighted by molar-refractivity contribution is 0.0951. The third kappa shape index (κ3) is 6.49. The summed E-state index contributed by atoms with van der Waals surface area (Å²) >= 11 is 0. The van der Waals surface area contributed by atoms with Crippen LogP contribution in [-0.2, 0) is 16.6 Å². The fraction of sp³-hybridized carbons (Fsp3) is 0.316.